The zero-order valence-electron chi connectivity index (χ0n) is 9.89. The zero-order chi connectivity index (χ0) is 13.1. The SMILES string of the molecule is O=C1CCC(C(=O)NC2C=CC(C(=O)O)C2)CN1. The Balaban J connectivity index is 1.80. The quantitative estimate of drug-likeness (QED) is 0.599. The van der Waals surface area contributed by atoms with E-state index < -0.39 is 11.9 Å². The van der Waals surface area contributed by atoms with Gasteiger partial charge in [0.25, 0.3) is 0 Å². The predicted molar refractivity (Wildman–Crippen MR) is 62.5 cm³/mol. The Morgan fingerprint density at radius 3 is 2.72 bits per heavy atom. The first-order valence-corrected chi connectivity index (χ1v) is 6.04. The average molecular weight is 252 g/mol. The van der Waals surface area contributed by atoms with E-state index in [1.165, 1.54) is 0 Å². The lowest BCUT2D eigenvalue weighted by atomic mass is 9.98. The Morgan fingerprint density at radius 2 is 2.17 bits per heavy atom. The van der Waals surface area contributed by atoms with Crippen LogP contribution in [0.5, 0.6) is 0 Å². The summed E-state index contributed by atoms with van der Waals surface area (Å²) in [7, 11) is 0. The molecular formula is C12H16N2O4. The van der Waals surface area contributed by atoms with Crippen LogP contribution in [0.1, 0.15) is 19.3 Å². The number of rotatable bonds is 3. The Bertz CT molecular complexity index is 395. The molecule has 3 N–H and O–H groups in total. The molecule has 3 atom stereocenters. The second kappa shape index (κ2) is 5.20. The normalized spacial score (nSPS) is 30.9. The highest BCUT2D eigenvalue weighted by atomic mass is 16.4. The lowest BCUT2D eigenvalue weighted by Gasteiger charge is -2.23. The van der Waals surface area contributed by atoms with E-state index in [0.29, 0.717) is 25.8 Å². The van der Waals surface area contributed by atoms with Gasteiger partial charge in [-0.3, -0.25) is 14.4 Å². The van der Waals surface area contributed by atoms with E-state index in [9.17, 15) is 14.4 Å². The summed E-state index contributed by atoms with van der Waals surface area (Å²) in [5, 5.41) is 14.3. The van der Waals surface area contributed by atoms with Crippen molar-refractivity contribution < 1.29 is 19.5 Å². The Labute approximate surface area is 104 Å². The van der Waals surface area contributed by atoms with Crippen LogP contribution in [0.3, 0.4) is 0 Å². The van der Waals surface area contributed by atoms with Crippen molar-refractivity contribution in [3.05, 3.63) is 12.2 Å². The lowest BCUT2D eigenvalue weighted by Crippen LogP contribution is -2.45. The number of carbonyl (C=O) groups excluding carboxylic acids is 2. The number of carbonyl (C=O) groups is 3. The molecule has 6 nitrogen and oxygen atoms in total. The molecule has 1 aliphatic carbocycles. The van der Waals surface area contributed by atoms with Gasteiger partial charge < -0.3 is 15.7 Å². The Hall–Kier alpha value is -1.85. The van der Waals surface area contributed by atoms with E-state index in [1.807, 2.05) is 0 Å². The molecule has 1 heterocycles. The average Bonchev–Trinajstić information content (AvgIpc) is 2.78. The van der Waals surface area contributed by atoms with E-state index in [4.69, 9.17) is 5.11 Å². The molecule has 2 aliphatic rings. The van der Waals surface area contributed by atoms with Crippen molar-refractivity contribution in [2.45, 2.75) is 25.3 Å². The molecule has 0 aromatic rings. The third-order valence-electron chi connectivity index (χ3n) is 3.36. The standard InChI is InChI=1S/C12H16N2O4/c15-10-4-2-8(6-13-10)11(16)14-9-3-1-7(5-9)12(17)18/h1,3,7-9H,2,4-6H2,(H,13,15)(H,14,16)(H,17,18). The van der Waals surface area contributed by atoms with Crippen LogP contribution in [0.25, 0.3) is 0 Å². The minimum atomic E-state index is -0.868. The van der Waals surface area contributed by atoms with Gasteiger partial charge in [-0.25, -0.2) is 0 Å². The molecule has 0 aromatic carbocycles. The molecule has 2 amide bonds. The van der Waals surface area contributed by atoms with Crippen LogP contribution in [0.4, 0.5) is 0 Å². The maximum Gasteiger partial charge on any atom is 0.310 e. The van der Waals surface area contributed by atoms with Gasteiger partial charge in [0.2, 0.25) is 11.8 Å². The van der Waals surface area contributed by atoms with Crippen molar-refractivity contribution in [2.75, 3.05) is 6.54 Å². The molecule has 0 radical (unpaired) electrons. The van der Waals surface area contributed by atoms with E-state index in [1.54, 1.807) is 12.2 Å². The Kier molecular flexibility index (Phi) is 3.64. The fourth-order valence-electron chi connectivity index (χ4n) is 2.25. The summed E-state index contributed by atoms with van der Waals surface area (Å²) in [6, 6.07) is -0.212. The summed E-state index contributed by atoms with van der Waals surface area (Å²) < 4.78 is 0. The molecule has 0 aromatic heterocycles. The van der Waals surface area contributed by atoms with Crippen molar-refractivity contribution >= 4 is 17.8 Å². The Morgan fingerprint density at radius 1 is 1.39 bits per heavy atom. The zero-order valence-corrected chi connectivity index (χ0v) is 9.89. The predicted octanol–water partition coefficient (Wildman–Crippen LogP) is -0.342. The summed E-state index contributed by atoms with van der Waals surface area (Å²) in [6.45, 7) is 0.365. The summed E-state index contributed by atoms with van der Waals surface area (Å²) in [4.78, 5) is 33.6. The molecule has 98 valence electrons. The molecule has 0 bridgehead atoms. The maximum atomic E-state index is 11.9. The second-order valence-corrected chi connectivity index (χ2v) is 4.72. The van der Waals surface area contributed by atoms with Gasteiger partial charge in [0, 0.05) is 19.0 Å². The molecule has 6 heteroatoms. The van der Waals surface area contributed by atoms with E-state index in [-0.39, 0.29) is 23.8 Å². The van der Waals surface area contributed by atoms with Crippen molar-refractivity contribution in [3.63, 3.8) is 0 Å². The summed E-state index contributed by atoms with van der Waals surface area (Å²) in [6.07, 6.45) is 4.65. The fourth-order valence-corrected chi connectivity index (χ4v) is 2.25. The van der Waals surface area contributed by atoms with E-state index in [2.05, 4.69) is 10.6 Å². The third-order valence-corrected chi connectivity index (χ3v) is 3.36. The van der Waals surface area contributed by atoms with Crippen molar-refractivity contribution in [1.82, 2.24) is 10.6 Å². The molecule has 0 saturated carbocycles. The van der Waals surface area contributed by atoms with Crippen LogP contribution >= 0.6 is 0 Å². The van der Waals surface area contributed by atoms with Gasteiger partial charge in [0.15, 0.2) is 0 Å². The fraction of sp³-hybridized carbons (Fsp3) is 0.583. The van der Waals surface area contributed by atoms with Crippen LogP contribution in [0.2, 0.25) is 0 Å². The van der Waals surface area contributed by atoms with Gasteiger partial charge in [0.1, 0.15) is 0 Å². The molecule has 1 aliphatic heterocycles. The van der Waals surface area contributed by atoms with Crippen LogP contribution in [-0.2, 0) is 14.4 Å². The topological polar surface area (TPSA) is 95.5 Å². The van der Waals surface area contributed by atoms with Crippen molar-refractivity contribution in [2.24, 2.45) is 11.8 Å². The van der Waals surface area contributed by atoms with Crippen LogP contribution in [-0.4, -0.2) is 35.5 Å². The summed E-state index contributed by atoms with van der Waals surface area (Å²) >= 11 is 0. The van der Waals surface area contributed by atoms with Crippen LogP contribution < -0.4 is 10.6 Å². The molecule has 2 rings (SSSR count). The van der Waals surface area contributed by atoms with Gasteiger partial charge in [-0.2, -0.15) is 0 Å². The van der Waals surface area contributed by atoms with Gasteiger partial charge in [-0.1, -0.05) is 12.2 Å². The first kappa shape index (κ1) is 12.6. The molecule has 1 saturated heterocycles. The number of nitrogens with one attached hydrogen (secondary N) is 2. The smallest absolute Gasteiger partial charge is 0.310 e. The van der Waals surface area contributed by atoms with Crippen molar-refractivity contribution in [1.29, 1.82) is 0 Å². The number of amides is 2. The highest BCUT2D eigenvalue weighted by Crippen LogP contribution is 2.19. The minimum Gasteiger partial charge on any atom is -0.481 e. The number of carboxylic acids is 1. The van der Waals surface area contributed by atoms with Crippen LogP contribution in [0.15, 0.2) is 12.2 Å². The highest BCUT2D eigenvalue weighted by Gasteiger charge is 2.29. The molecule has 0 spiro atoms. The summed E-state index contributed by atoms with van der Waals surface area (Å²) in [5.74, 6) is -1.73. The van der Waals surface area contributed by atoms with Crippen LogP contribution in [0, 0.1) is 11.8 Å². The monoisotopic (exact) mass is 252 g/mol. The minimum absolute atomic E-state index is 0.0225. The highest BCUT2D eigenvalue weighted by molar-refractivity contribution is 5.84. The van der Waals surface area contributed by atoms with Gasteiger partial charge >= 0.3 is 5.97 Å². The van der Waals surface area contributed by atoms with Gasteiger partial charge in [-0.05, 0) is 12.8 Å². The number of carboxylic acid groups (broad SMARTS) is 1. The number of hydrogen-bond donors (Lipinski definition) is 3. The molecule has 3 unspecified atom stereocenters. The first-order valence-electron chi connectivity index (χ1n) is 6.04. The number of aliphatic carboxylic acids is 1. The lowest BCUT2D eigenvalue weighted by molar-refractivity contribution is -0.140. The molecule has 1 fully saturated rings. The number of piperidine rings is 1. The largest absolute Gasteiger partial charge is 0.481 e. The van der Waals surface area contributed by atoms with E-state index in [0.717, 1.165) is 0 Å². The van der Waals surface area contributed by atoms with E-state index >= 15 is 0 Å². The van der Waals surface area contributed by atoms with Gasteiger partial charge in [0.05, 0.1) is 11.8 Å². The van der Waals surface area contributed by atoms with Crippen molar-refractivity contribution in [3.8, 4) is 0 Å². The number of hydrogen-bond acceptors (Lipinski definition) is 3. The summed E-state index contributed by atoms with van der Waals surface area (Å²) in [5.41, 5.74) is 0. The first-order chi connectivity index (χ1) is 8.56. The third kappa shape index (κ3) is 2.88. The maximum absolute atomic E-state index is 11.9. The van der Waals surface area contributed by atoms with Gasteiger partial charge in [-0.15, -0.1) is 0 Å². The molecular weight excluding hydrogens is 236 g/mol. The second-order valence-electron chi connectivity index (χ2n) is 4.72. The molecule has 18 heavy (non-hydrogen) atoms.